The first-order valence-corrected chi connectivity index (χ1v) is 5.76. The van der Waals surface area contributed by atoms with Gasteiger partial charge in [0.2, 0.25) is 0 Å². The number of nitrogens with zero attached hydrogens (tertiary/aromatic N) is 1. The molecule has 1 unspecified atom stereocenters. The third-order valence-electron chi connectivity index (χ3n) is 2.75. The van der Waals surface area contributed by atoms with Crippen molar-refractivity contribution in [2.45, 2.75) is 12.6 Å². The summed E-state index contributed by atoms with van der Waals surface area (Å²) < 4.78 is 0.587. The zero-order chi connectivity index (χ0) is 13.4. The summed E-state index contributed by atoms with van der Waals surface area (Å²) in [6, 6.07) is 3.10. The lowest BCUT2D eigenvalue weighted by Crippen LogP contribution is -2.52. The van der Waals surface area contributed by atoms with Crippen LogP contribution in [-0.4, -0.2) is 39.0 Å². The van der Waals surface area contributed by atoms with E-state index in [0.717, 1.165) is 0 Å². The fraction of sp³-hybridized carbons (Fsp3) is 0.182. The standard InChI is InChI=1S/C11H8BrNO5/c12-7-3-1-2-5-6(7)4-13(11(17)18)8(9(5)14)10(15)16/h1-3,8H,4H2,(H,15,16)(H,17,18). The van der Waals surface area contributed by atoms with Crippen molar-refractivity contribution in [1.29, 1.82) is 0 Å². The molecule has 0 fully saturated rings. The summed E-state index contributed by atoms with van der Waals surface area (Å²) in [7, 11) is 0. The van der Waals surface area contributed by atoms with Crippen molar-refractivity contribution in [3.8, 4) is 0 Å². The zero-order valence-electron chi connectivity index (χ0n) is 8.96. The Morgan fingerprint density at radius 3 is 2.56 bits per heavy atom. The number of carboxylic acids is 1. The summed E-state index contributed by atoms with van der Waals surface area (Å²) in [6.07, 6.45) is -1.43. The number of Topliss-reactive ketones (excluding diaryl/α,β-unsaturated/α-hetero) is 1. The van der Waals surface area contributed by atoms with Gasteiger partial charge >= 0.3 is 12.1 Å². The van der Waals surface area contributed by atoms with Crippen molar-refractivity contribution in [3.05, 3.63) is 33.8 Å². The molecule has 6 nitrogen and oxygen atoms in total. The van der Waals surface area contributed by atoms with Gasteiger partial charge in [-0.15, -0.1) is 0 Å². The van der Waals surface area contributed by atoms with E-state index in [4.69, 9.17) is 10.2 Å². The Kier molecular flexibility index (Phi) is 3.08. The Morgan fingerprint density at radius 1 is 1.33 bits per heavy atom. The van der Waals surface area contributed by atoms with Gasteiger partial charge in [0.1, 0.15) is 0 Å². The van der Waals surface area contributed by atoms with Gasteiger partial charge in [0.05, 0.1) is 6.54 Å². The zero-order valence-corrected chi connectivity index (χ0v) is 10.5. The number of amides is 1. The Bertz CT molecular complexity index is 556. The fourth-order valence-electron chi connectivity index (χ4n) is 1.92. The molecule has 1 amide bonds. The first-order valence-electron chi connectivity index (χ1n) is 4.97. The van der Waals surface area contributed by atoms with Crippen LogP contribution >= 0.6 is 15.9 Å². The van der Waals surface area contributed by atoms with Crippen LogP contribution in [0.5, 0.6) is 0 Å². The van der Waals surface area contributed by atoms with Crippen molar-refractivity contribution in [2.75, 3.05) is 0 Å². The van der Waals surface area contributed by atoms with Gasteiger partial charge in [0.25, 0.3) is 0 Å². The van der Waals surface area contributed by atoms with Crippen molar-refractivity contribution in [1.82, 2.24) is 4.90 Å². The topological polar surface area (TPSA) is 94.9 Å². The number of carboxylic acid groups (broad SMARTS) is 2. The average molecular weight is 314 g/mol. The fourth-order valence-corrected chi connectivity index (χ4v) is 2.42. The summed E-state index contributed by atoms with van der Waals surface area (Å²) in [4.78, 5) is 34.7. The number of benzene rings is 1. The van der Waals surface area contributed by atoms with E-state index in [1.807, 2.05) is 0 Å². The maximum absolute atomic E-state index is 12.0. The molecule has 0 radical (unpaired) electrons. The number of aliphatic carboxylic acids is 1. The number of hydrogen-bond donors (Lipinski definition) is 2. The minimum Gasteiger partial charge on any atom is -0.479 e. The first kappa shape index (κ1) is 12.6. The summed E-state index contributed by atoms with van der Waals surface area (Å²) >= 11 is 3.22. The normalized spacial score (nSPS) is 18.4. The summed E-state index contributed by atoms with van der Waals surface area (Å²) in [6.45, 7) is -0.130. The highest BCUT2D eigenvalue weighted by Gasteiger charge is 2.41. The molecular weight excluding hydrogens is 306 g/mol. The number of ketones is 1. The van der Waals surface area contributed by atoms with Crippen LogP contribution < -0.4 is 0 Å². The minimum atomic E-state index is -1.68. The van der Waals surface area contributed by atoms with E-state index in [2.05, 4.69) is 15.9 Å². The number of rotatable bonds is 1. The molecule has 0 saturated carbocycles. The number of carbonyl (C=O) groups is 3. The molecule has 18 heavy (non-hydrogen) atoms. The maximum atomic E-state index is 12.0. The maximum Gasteiger partial charge on any atom is 0.408 e. The molecular formula is C11H8BrNO5. The van der Waals surface area contributed by atoms with Crippen LogP contribution in [0, 0.1) is 0 Å². The molecule has 1 aromatic rings. The Morgan fingerprint density at radius 2 is 2.00 bits per heavy atom. The number of fused-ring (bicyclic) bond motifs is 1. The molecule has 0 aliphatic carbocycles. The molecule has 1 atom stereocenters. The highest BCUT2D eigenvalue weighted by atomic mass is 79.9. The van der Waals surface area contributed by atoms with E-state index in [1.165, 1.54) is 6.07 Å². The number of hydrogen-bond acceptors (Lipinski definition) is 3. The lowest BCUT2D eigenvalue weighted by Gasteiger charge is -2.31. The van der Waals surface area contributed by atoms with Crippen LogP contribution in [0.3, 0.4) is 0 Å². The minimum absolute atomic E-state index is 0.130. The Hall–Kier alpha value is -1.89. The van der Waals surface area contributed by atoms with Crippen LogP contribution in [-0.2, 0) is 11.3 Å². The van der Waals surface area contributed by atoms with E-state index < -0.39 is 23.9 Å². The molecule has 0 saturated heterocycles. The van der Waals surface area contributed by atoms with Gasteiger partial charge in [0, 0.05) is 10.0 Å². The molecule has 1 aliphatic rings. The quantitative estimate of drug-likeness (QED) is 0.767. The van der Waals surface area contributed by atoms with Gasteiger partial charge in [-0.2, -0.15) is 0 Å². The van der Waals surface area contributed by atoms with Crippen LogP contribution in [0.4, 0.5) is 4.79 Å². The molecule has 94 valence electrons. The van der Waals surface area contributed by atoms with E-state index in [9.17, 15) is 14.4 Å². The van der Waals surface area contributed by atoms with Gasteiger partial charge in [0.15, 0.2) is 11.8 Å². The SMILES string of the molecule is O=C(O)C1C(=O)c2cccc(Br)c2CN1C(=O)O. The molecule has 2 N–H and O–H groups in total. The Balaban J connectivity index is 2.58. The van der Waals surface area contributed by atoms with Gasteiger partial charge < -0.3 is 10.2 Å². The van der Waals surface area contributed by atoms with Crippen molar-refractivity contribution in [2.24, 2.45) is 0 Å². The lowest BCUT2D eigenvalue weighted by molar-refractivity contribution is -0.141. The highest BCUT2D eigenvalue weighted by molar-refractivity contribution is 9.10. The predicted molar refractivity (Wildman–Crippen MR) is 63.5 cm³/mol. The average Bonchev–Trinajstić information content (AvgIpc) is 2.29. The van der Waals surface area contributed by atoms with Gasteiger partial charge in [-0.05, 0) is 11.6 Å². The smallest absolute Gasteiger partial charge is 0.408 e. The second kappa shape index (κ2) is 4.41. The molecule has 0 bridgehead atoms. The van der Waals surface area contributed by atoms with Crippen LogP contribution in [0.15, 0.2) is 22.7 Å². The largest absolute Gasteiger partial charge is 0.479 e. The molecule has 2 rings (SSSR count). The molecule has 7 heteroatoms. The van der Waals surface area contributed by atoms with Crippen LogP contribution in [0.1, 0.15) is 15.9 Å². The monoisotopic (exact) mass is 313 g/mol. The van der Waals surface area contributed by atoms with E-state index in [0.29, 0.717) is 14.9 Å². The van der Waals surface area contributed by atoms with E-state index >= 15 is 0 Å². The van der Waals surface area contributed by atoms with Crippen LogP contribution in [0.2, 0.25) is 0 Å². The van der Waals surface area contributed by atoms with Gasteiger partial charge in [-0.25, -0.2) is 9.59 Å². The summed E-state index contributed by atoms with van der Waals surface area (Å²) in [5.74, 6) is -2.18. The first-order chi connectivity index (χ1) is 8.43. The predicted octanol–water partition coefficient (Wildman–Crippen LogP) is 1.58. The molecule has 1 heterocycles. The van der Waals surface area contributed by atoms with Crippen molar-refractivity contribution < 1.29 is 24.6 Å². The summed E-state index contributed by atoms with van der Waals surface area (Å²) in [5, 5.41) is 18.0. The highest BCUT2D eigenvalue weighted by Crippen LogP contribution is 2.29. The number of halogens is 1. The molecule has 1 aliphatic heterocycles. The van der Waals surface area contributed by atoms with Crippen LogP contribution in [0.25, 0.3) is 0 Å². The van der Waals surface area contributed by atoms with Crippen molar-refractivity contribution in [3.63, 3.8) is 0 Å². The van der Waals surface area contributed by atoms with Crippen molar-refractivity contribution >= 4 is 33.8 Å². The van der Waals surface area contributed by atoms with E-state index in [-0.39, 0.29) is 12.1 Å². The third-order valence-corrected chi connectivity index (χ3v) is 3.50. The molecule has 1 aromatic carbocycles. The number of carbonyl (C=O) groups excluding carboxylic acids is 1. The Labute approximate surface area is 110 Å². The second-order valence-corrected chi connectivity index (χ2v) is 4.64. The molecule has 0 aromatic heterocycles. The van der Waals surface area contributed by atoms with E-state index in [1.54, 1.807) is 12.1 Å². The second-order valence-electron chi connectivity index (χ2n) is 3.78. The van der Waals surface area contributed by atoms with Gasteiger partial charge in [-0.3, -0.25) is 9.69 Å². The van der Waals surface area contributed by atoms with Gasteiger partial charge in [-0.1, -0.05) is 28.1 Å². The molecule has 0 spiro atoms. The lowest BCUT2D eigenvalue weighted by atomic mass is 9.93. The third kappa shape index (κ3) is 1.86. The summed E-state index contributed by atoms with van der Waals surface area (Å²) in [5.41, 5.74) is 0.733.